The van der Waals surface area contributed by atoms with Gasteiger partial charge in [0.2, 0.25) is 0 Å². The number of amides is 1. The molecule has 3 aromatic rings. The minimum absolute atomic E-state index is 0.0232. The molecule has 0 saturated heterocycles. The second-order valence-corrected chi connectivity index (χ2v) is 6.91. The largest absolute Gasteiger partial charge is 0.483 e. The molecule has 3 nitrogen and oxygen atoms in total. The average Bonchev–Trinajstić information content (AvgIpc) is 2.62. The van der Waals surface area contributed by atoms with Crippen LogP contribution in [0.15, 0.2) is 53.0 Å². The first-order chi connectivity index (χ1) is 12.0. The van der Waals surface area contributed by atoms with Crippen molar-refractivity contribution >= 4 is 38.3 Å². The molecule has 0 heterocycles. The molecule has 0 unspecified atom stereocenters. The van der Waals surface area contributed by atoms with Crippen molar-refractivity contribution in [2.24, 2.45) is 0 Å². The molecule has 0 bridgehead atoms. The molecule has 0 spiro atoms. The molecular formula is C21H20BrNO2. The number of nitrogens with one attached hydrogen (secondary N) is 1. The highest BCUT2D eigenvalue weighted by Crippen LogP contribution is 2.31. The zero-order chi connectivity index (χ0) is 18.0. The lowest BCUT2D eigenvalue weighted by atomic mass is 10.1. The van der Waals surface area contributed by atoms with Crippen LogP contribution >= 0.6 is 15.9 Å². The SMILES string of the molecule is Cc1cc(OCC(=O)Nc2cccc3ccccc23)c(C)c(C)c1Br. The number of ether oxygens (including phenoxy) is 1. The van der Waals surface area contributed by atoms with Gasteiger partial charge in [-0.05, 0) is 55.0 Å². The molecule has 1 N–H and O–H groups in total. The van der Waals surface area contributed by atoms with E-state index in [1.807, 2.05) is 69.3 Å². The van der Waals surface area contributed by atoms with Gasteiger partial charge in [0.15, 0.2) is 6.61 Å². The van der Waals surface area contributed by atoms with E-state index in [9.17, 15) is 4.79 Å². The lowest BCUT2D eigenvalue weighted by Crippen LogP contribution is -2.20. The highest BCUT2D eigenvalue weighted by atomic mass is 79.9. The number of rotatable bonds is 4. The van der Waals surface area contributed by atoms with E-state index in [0.717, 1.165) is 43.4 Å². The molecule has 128 valence electrons. The fourth-order valence-electron chi connectivity index (χ4n) is 2.83. The molecule has 0 aliphatic heterocycles. The van der Waals surface area contributed by atoms with Crippen LogP contribution in [0.3, 0.4) is 0 Å². The van der Waals surface area contributed by atoms with E-state index in [1.54, 1.807) is 0 Å². The van der Waals surface area contributed by atoms with Gasteiger partial charge in [-0.25, -0.2) is 0 Å². The quantitative estimate of drug-likeness (QED) is 0.626. The zero-order valence-corrected chi connectivity index (χ0v) is 16.1. The number of halogens is 1. The third kappa shape index (κ3) is 3.69. The van der Waals surface area contributed by atoms with Gasteiger partial charge in [-0.1, -0.05) is 52.3 Å². The summed E-state index contributed by atoms with van der Waals surface area (Å²) in [6.07, 6.45) is 0. The van der Waals surface area contributed by atoms with Crippen LogP contribution in [0.4, 0.5) is 5.69 Å². The van der Waals surface area contributed by atoms with E-state index in [4.69, 9.17) is 4.74 Å². The van der Waals surface area contributed by atoms with Crippen molar-refractivity contribution in [1.29, 1.82) is 0 Å². The molecule has 0 aliphatic rings. The van der Waals surface area contributed by atoms with Gasteiger partial charge in [0.05, 0.1) is 0 Å². The molecule has 1 amide bonds. The molecule has 0 fully saturated rings. The third-order valence-corrected chi connectivity index (χ3v) is 5.60. The van der Waals surface area contributed by atoms with Crippen LogP contribution in [0, 0.1) is 20.8 Å². The normalized spacial score (nSPS) is 10.7. The Morgan fingerprint density at radius 1 is 1.04 bits per heavy atom. The number of hydrogen-bond acceptors (Lipinski definition) is 2. The smallest absolute Gasteiger partial charge is 0.262 e. The standard InChI is InChI=1S/C21H20BrNO2/c1-13-11-19(14(2)15(3)21(13)22)25-12-20(24)23-18-10-6-8-16-7-4-5-9-17(16)18/h4-11H,12H2,1-3H3,(H,23,24). The van der Waals surface area contributed by atoms with Gasteiger partial charge in [-0.3, -0.25) is 4.79 Å². The highest BCUT2D eigenvalue weighted by molar-refractivity contribution is 9.10. The van der Waals surface area contributed by atoms with Gasteiger partial charge in [-0.15, -0.1) is 0 Å². The second-order valence-electron chi connectivity index (χ2n) is 6.12. The van der Waals surface area contributed by atoms with Gasteiger partial charge < -0.3 is 10.1 Å². The van der Waals surface area contributed by atoms with Crippen LogP contribution in [0.25, 0.3) is 10.8 Å². The van der Waals surface area contributed by atoms with E-state index in [0.29, 0.717) is 0 Å². The summed E-state index contributed by atoms with van der Waals surface area (Å²) in [5, 5.41) is 5.05. The molecule has 3 rings (SSSR count). The van der Waals surface area contributed by atoms with Crippen molar-refractivity contribution in [2.75, 3.05) is 11.9 Å². The third-order valence-electron chi connectivity index (χ3n) is 4.38. The number of anilines is 1. The molecular weight excluding hydrogens is 378 g/mol. The van der Waals surface area contributed by atoms with E-state index in [1.165, 1.54) is 0 Å². The van der Waals surface area contributed by atoms with Crippen LogP contribution in [0.2, 0.25) is 0 Å². The fourth-order valence-corrected chi connectivity index (χ4v) is 3.24. The first-order valence-corrected chi connectivity index (χ1v) is 8.93. The number of benzene rings is 3. The Morgan fingerprint density at radius 3 is 2.56 bits per heavy atom. The highest BCUT2D eigenvalue weighted by Gasteiger charge is 2.11. The first-order valence-electron chi connectivity index (χ1n) is 8.14. The molecule has 25 heavy (non-hydrogen) atoms. The topological polar surface area (TPSA) is 38.3 Å². The van der Waals surface area contributed by atoms with E-state index in [2.05, 4.69) is 21.2 Å². The summed E-state index contributed by atoms with van der Waals surface area (Å²) >= 11 is 3.58. The predicted octanol–water partition coefficient (Wildman–Crippen LogP) is 5.55. The summed E-state index contributed by atoms with van der Waals surface area (Å²) in [7, 11) is 0. The zero-order valence-electron chi connectivity index (χ0n) is 14.5. The summed E-state index contributed by atoms with van der Waals surface area (Å²) in [5.41, 5.74) is 4.05. The molecule has 0 aliphatic carbocycles. The summed E-state index contributed by atoms with van der Waals surface area (Å²) in [6, 6.07) is 15.8. The van der Waals surface area contributed by atoms with E-state index >= 15 is 0 Å². The molecule has 0 saturated carbocycles. The minimum Gasteiger partial charge on any atom is -0.483 e. The summed E-state index contributed by atoms with van der Waals surface area (Å²) in [4.78, 5) is 12.3. The molecule has 4 heteroatoms. The molecule has 0 aromatic heterocycles. The lowest BCUT2D eigenvalue weighted by Gasteiger charge is -2.15. The Morgan fingerprint density at radius 2 is 1.76 bits per heavy atom. The summed E-state index contributed by atoms with van der Waals surface area (Å²) in [5.74, 6) is 0.570. The average molecular weight is 398 g/mol. The summed E-state index contributed by atoms with van der Waals surface area (Å²) < 4.78 is 6.85. The number of carbonyl (C=O) groups excluding carboxylic acids is 1. The molecule has 0 radical (unpaired) electrons. The van der Waals surface area contributed by atoms with Crippen LogP contribution in [-0.4, -0.2) is 12.5 Å². The van der Waals surface area contributed by atoms with Crippen LogP contribution in [-0.2, 0) is 4.79 Å². The van der Waals surface area contributed by atoms with E-state index < -0.39 is 0 Å². The van der Waals surface area contributed by atoms with Crippen molar-refractivity contribution in [3.05, 3.63) is 69.7 Å². The maximum absolute atomic E-state index is 12.3. The number of aryl methyl sites for hydroxylation is 1. The van der Waals surface area contributed by atoms with Gasteiger partial charge in [0.25, 0.3) is 5.91 Å². The van der Waals surface area contributed by atoms with Gasteiger partial charge in [0.1, 0.15) is 5.75 Å². The number of fused-ring (bicyclic) bond motifs is 1. The summed E-state index contributed by atoms with van der Waals surface area (Å²) in [6.45, 7) is 6.02. The number of hydrogen-bond donors (Lipinski definition) is 1. The van der Waals surface area contributed by atoms with Crippen LogP contribution in [0.1, 0.15) is 16.7 Å². The monoisotopic (exact) mass is 397 g/mol. The number of carbonyl (C=O) groups is 1. The Hall–Kier alpha value is -2.33. The van der Waals surface area contributed by atoms with Crippen molar-refractivity contribution < 1.29 is 9.53 Å². The Balaban J connectivity index is 1.73. The predicted molar refractivity (Wildman–Crippen MR) is 106 cm³/mol. The van der Waals surface area contributed by atoms with Gasteiger partial charge >= 0.3 is 0 Å². The maximum Gasteiger partial charge on any atom is 0.262 e. The minimum atomic E-state index is -0.172. The van der Waals surface area contributed by atoms with Crippen LogP contribution in [0.5, 0.6) is 5.75 Å². The second kappa shape index (κ2) is 7.28. The lowest BCUT2D eigenvalue weighted by molar-refractivity contribution is -0.118. The Labute approximate surface area is 156 Å². The van der Waals surface area contributed by atoms with Crippen LogP contribution < -0.4 is 10.1 Å². The maximum atomic E-state index is 12.3. The van der Waals surface area contributed by atoms with Crippen molar-refractivity contribution in [3.63, 3.8) is 0 Å². The fraction of sp³-hybridized carbons (Fsp3) is 0.190. The Kier molecular flexibility index (Phi) is 5.09. The molecule has 3 aromatic carbocycles. The van der Waals surface area contributed by atoms with Crippen molar-refractivity contribution in [2.45, 2.75) is 20.8 Å². The first kappa shape index (κ1) is 17.5. The van der Waals surface area contributed by atoms with Gasteiger partial charge in [-0.2, -0.15) is 0 Å². The van der Waals surface area contributed by atoms with E-state index in [-0.39, 0.29) is 12.5 Å². The Bertz CT molecular complexity index is 945. The van der Waals surface area contributed by atoms with Crippen molar-refractivity contribution in [1.82, 2.24) is 0 Å². The molecule has 0 atom stereocenters. The van der Waals surface area contributed by atoms with Crippen molar-refractivity contribution in [3.8, 4) is 5.75 Å². The van der Waals surface area contributed by atoms with Gasteiger partial charge in [0, 0.05) is 15.5 Å².